The molecule has 0 aliphatic rings. The summed E-state index contributed by atoms with van der Waals surface area (Å²) in [5, 5.41) is 9.49. The minimum atomic E-state index is -0.992. The van der Waals surface area contributed by atoms with Gasteiger partial charge in [-0.2, -0.15) is 0 Å². The number of hydrogen-bond donors (Lipinski definition) is 2. The molecule has 1 atom stereocenters. The van der Waals surface area contributed by atoms with E-state index in [9.17, 15) is 9.90 Å². The zero-order valence-corrected chi connectivity index (χ0v) is 15.6. The lowest BCUT2D eigenvalue weighted by atomic mass is 9.87. The van der Waals surface area contributed by atoms with E-state index < -0.39 is 12.1 Å². The molecule has 0 bridgehead atoms. The van der Waals surface area contributed by atoms with E-state index in [0.29, 0.717) is 24.7 Å². The van der Waals surface area contributed by atoms with Crippen molar-refractivity contribution >= 4 is 5.97 Å². The number of nitrogens with two attached hydrogens (primary N) is 1. The van der Waals surface area contributed by atoms with Crippen molar-refractivity contribution in [2.24, 2.45) is 5.73 Å². The zero-order chi connectivity index (χ0) is 19.2. The number of ether oxygens (including phenoxy) is 2. The summed E-state index contributed by atoms with van der Waals surface area (Å²) in [6.45, 7) is 7.28. The molecule has 0 saturated carbocycles. The minimum absolute atomic E-state index is 0.0401. The van der Waals surface area contributed by atoms with E-state index in [1.54, 1.807) is 0 Å². The van der Waals surface area contributed by atoms with Crippen LogP contribution in [0.25, 0.3) is 0 Å². The molecule has 5 heteroatoms. The van der Waals surface area contributed by atoms with Crippen molar-refractivity contribution < 1.29 is 19.4 Å². The van der Waals surface area contributed by atoms with Crippen LogP contribution in [-0.4, -0.2) is 30.3 Å². The molecular formula is C21H27NO4. The summed E-state index contributed by atoms with van der Waals surface area (Å²) in [4.78, 5) is 11.6. The van der Waals surface area contributed by atoms with Gasteiger partial charge in [0.1, 0.15) is 18.1 Å². The van der Waals surface area contributed by atoms with Crippen molar-refractivity contribution in [3.8, 4) is 11.5 Å². The second kappa shape index (κ2) is 8.72. The molecule has 0 fully saturated rings. The number of aliphatic carboxylic acids is 1. The molecule has 0 aliphatic heterocycles. The minimum Gasteiger partial charge on any atom is -0.492 e. The lowest BCUT2D eigenvalue weighted by Gasteiger charge is -2.20. The fraction of sp³-hybridized carbons (Fsp3) is 0.381. The quantitative estimate of drug-likeness (QED) is 0.757. The third kappa shape index (κ3) is 5.77. The molecule has 140 valence electrons. The van der Waals surface area contributed by atoms with Crippen molar-refractivity contribution in [2.45, 2.75) is 38.7 Å². The van der Waals surface area contributed by atoms with E-state index in [1.165, 1.54) is 5.56 Å². The van der Waals surface area contributed by atoms with Gasteiger partial charge < -0.3 is 20.3 Å². The van der Waals surface area contributed by atoms with E-state index in [1.807, 2.05) is 48.5 Å². The Morgan fingerprint density at radius 3 is 2.12 bits per heavy atom. The molecule has 2 aromatic carbocycles. The Labute approximate surface area is 154 Å². The third-order valence-electron chi connectivity index (χ3n) is 4.01. The number of carbonyl (C=O) groups is 1. The first kappa shape index (κ1) is 19.8. The van der Waals surface area contributed by atoms with Crippen LogP contribution in [0.1, 0.15) is 31.9 Å². The van der Waals surface area contributed by atoms with Crippen LogP contribution >= 0.6 is 0 Å². The molecule has 0 spiro atoms. The van der Waals surface area contributed by atoms with E-state index in [2.05, 4.69) is 20.8 Å². The summed E-state index contributed by atoms with van der Waals surface area (Å²) in [7, 11) is 0. The summed E-state index contributed by atoms with van der Waals surface area (Å²) in [6, 6.07) is 14.9. The molecule has 0 amide bonds. The first-order chi connectivity index (χ1) is 12.3. The molecule has 26 heavy (non-hydrogen) atoms. The monoisotopic (exact) mass is 357 g/mol. The van der Waals surface area contributed by atoms with Gasteiger partial charge in [0, 0.05) is 13.0 Å². The highest BCUT2D eigenvalue weighted by Gasteiger charge is 2.21. The molecule has 2 rings (SSSR count). The lowest BCUT2D eigenvalue weighted by Crippen LogP contribution is -2.29. The molecule has 3 N–H and O–H groups in total. The van der Waals surface area contributed by atoms with Crippen LogP contribution in [0, 0.1) is 0 Å². The predicted octanol–water partition coefficient (Wildman–Crippen LogP) is 3.40. The third-order valence-corrected chi connectivity index (χ3v) is 4.01. The predicted molar refractivity (Wildman–Crippen MR) is 102 cm³/mol. The van der Waals surface area contributed by atoms with E-state index >= 15 is 0 Å². The van der Waals surface area contributed by atoms with Gasteiger partial charge in [0.25, 0.3) is 0 Å². The average Bonchev–Trinajstić information content (AvgIpc) is 2.60. The van der Waals surface area contributed by atoms with Crippen LogP contribution in [0.2, 0.25) is 0 Å². The Bertz CT molecular complexity index is 702. The number of carboxylic acids is 1. The van der Waals surface area contributed by atoms with E-state index in [-0.39, 0.29) is 11.8 Å². The van der Waals surface area contributed by atoms with Crippen LogP contribution in [-0.2, 0) is 16.6 Å². The first-order valence-electron chi connectivity index (χ1n) is 8.71. The van der Waals surface area contributed by atoms with Crippen molar-refractivity contribution in [3.63, 3.8) is 0 Å². The molecule has 0 radical (unpaired) electrons. The fourth-order valence-corrected chi connectivity index (χ4v) is 2.49. The van der Waals surface area contributed by atoms with Gasteiger partial charge in [-0.25, -0.2) is 4.79 Å². The summed E-state index contributed by atoms with van der Waals surface area (Å²) in [6.07, 6.45) is -0.681. The second-order valence-corrected chi connectivity index (χ2v) is 7.20. The summed E-state index contributed by atoms with van der Waals surface area (Å²) in [5.41, 5.74) is 7.48. The SMILES string of the molecule is CC(C)(C)c1ccc(O[C@@H](Cc2ccc(OCCN)cc2)C(=O)O)cc1. The Hall–Kier alpha value is -2.53. The normalized spacial score (nSPS) is 12.5. The van der Waals surface area contributed by atoms with Crippen molar-refractivity contribution in [1.29, 1.82) is 0 Å². The summed E-state index contributed by atoms with van der Waals surface area (Å²) < 4.78 is 11.1. The van der Waals surface area contributed by atoms with Crippen LogP contribution in [0.5, 0.6) is 11.5 Å². The van der Waals surface area contributed by atoms with E-state index in [0.717, 1.165) is 5.56 Å². The van der Waals surface area contributed by atoms with Crippen LogP contribution in [0.15, 0.2) is 48.5 Å². The number of carboxylic acid groups (broad SMARTS) is 1. The molecule has 2 aromatic rings. The van der Waals surface area contributed by atoms with Gasteiger partial charge in [0.15, 0.2) is 6.10 Å². The van der Waals surface area contributed by atoms with Crippen LogP contribution in [0.4, 0.5) is 0 Å². The maximum atomic E-state index is 11.6. The Morgan fingerprint density at radius 2 is 1.62 bits per heavy atom. The fourth-order valence-electron chi connectivity index (χ4n) is 2.49. The highest BCUT2D eigenvalue weighted by atomic mass is 16.5. The first-order valence-corrected chi connectivity index (χ1v) is 8.71. The van der Waals surface area contributed by atoms with Gasteiger partial charge in [0.2, 0.25) is 0 Å². The standard InChI is InChI=1S/C21H27NO4/c1-21(2,3)16-6-10-18(11-7-16)26-19(20(23)24)14-15-4-8-17(9-5-15)25-13-12-22/h4-11,19H,12-14,22H2,1-3H3,(H,23,24)/t19-/m0/s1. The van der Waals surface area contributed by atoms with Crippen molar-refractivity contribution in [3.05, 3.63) is 59.7 Å². The molecule has 0 aromatic heterocycles. The number of hydrogen-bond acceptors (Lipinski definition) is 4. The maximum Gasteiger partial charge on any atom is 0.345 e. The smallest absolute Gasteiger partial charge is 0.345 e. The highest BCUT2D eigenvalue weighted by molar-refractivity contribution is 5.73. The van der Waals surface area contributed by atoms with Gasteiger partial charge >= 0.3 is 5.97 Å². The van der Waals surface area contributed by atoms with Crippen molar-refractivity contribution in [1.82, 2.24) is 0 Å². The molecule has 0 aliphatic carbocycles. The van der Waals surface area contributed by atoms with Gasteiger partial charge in [-0.3, -0.25) is 0 Å². The Morgan fingerprint density at radius 1 is 1.04 bits per heavy atom. The molecule has 0 unspecified atom stereocenters. The summed E-state index contributed by atoms with van der Waals surface area (Å²) >= 11 is 0. The molecular weight excluding hydrogens is 330 g/mol. The molecule has 0 heterocycles. The Balaban J connectivity index is 2.03. The molecule has 0 saturated heterocycles. The topological polar surface area (TPSA) is 81.8 Å². The lowest BCUT2D eigenvalue weighted by molar-refractivity contribution is -0.145. The molecule has 5 nitrogen and oxygen atoms in total. The van der Waals surface area contributed by atoms with Gasteiger partial charge in [0.05, 0.1) is 0 Å². The largest absolute Gasteiger partial charge is 0.492 e. The van der Waals surface area contributed by atoms with Crippen LogP contribution in [0.3, 0.4) is 0 Å². The number of rotatable bonds is 8. The number of benzene rings is 2. The van der Waals surface area contributed by atoms with E-state index in [4.69, 9.17) is 15.2 Å². The van der Waals surface area contributed by atoms with Gasteiger partial charge in [-0.15, -0.1) is 0 Å². The van der Waals surface area contributed by atoms with Gasteiger partial charge in [-0.05, 0) is 40.8 Å². The maximum absolute atomic E-state index is 11.6. The van der Waals surface area contributed by atoms with Gasteiger partial charge in [-0.1, -0.05) is 45.0 Å². The van der Waals surface area contributed by atoms with Crippen LogP contribution < -0.4 is 15.2 Å². The summed E-state index contributed by atoms with van der Waals surface area (Å²) in [5.74, 6) is 0.270. The second-order valence-electron chi connectivity index (χ2n) is 7.20. The average molecular weight is 357 g/mol. The van der Waals surface area contributed by atoms with Crippen molar-refractivity contribution in [2.75, 3.05) is 13.2 Å². The zero-order valence-electron chi connectivity index (χ0n) is 15.6. The Kier molecular flexibility index (Phi) is 6.64. The highest BCUT2D eigenvalue weighted by Crippen LogP contribution is 2.25.